The molecule has 2 aliphatic rings. The molecule has 2 aliphatic heterocycles. The monoisotopic (exact) mass is 576 g/mol. The van der Waals surface area contributed by atoms with E-state index in [4.69, 9.17) is 23.2 Å². The lowest BCUT2D eigenvalue weighted by atomic mass is 9.95. The number of likely N-dealkylation sites (N-methyl/N-ethyl adjacent to an activating group) is 1. The summed E-state index contributed by atoms with van der Waals surface area (Å²) in [6.45, 7) is 3.26. The summed E-state index contributed by atoms with van der Waals surface area (Å²) in [6, 6.07) is 23.8. The van der Waals surface area contributed by atoms with Gasteiger partial charge in [-0.1, -0.05) is 89.9 Å². The van der Waals surface area contributed by atoms with E-state index in [-0.39, 0.29) is 30.9 Å². The van der Waals surface area contributed by atoms with E-state index in [9.17, 15) is 14.4 Å². The van der Waals surface area contributed by atoms with Crippen LogP contribution in [0.1, 0.15) is 29.7 Å². The van der Waals surface area contributed by atoms with E-state index in [0.717, 1.165) is 11.1 Å². The molecule has 7 nitrogen and oxygen atoms in total. The minimum atomic E-state index is -0.735. The molecule has 4 amide bonds. The van der Waals surface area contributed by atoms with Gasteiger partial charge in [-0.15, -0.1) is 0 Å². The second kappa shape index (κ2) is 12.1. The van der Waals surface area contributed by atoms with Crippen molar-refractivity contribution in [2.45, 2.75) is 25.9 Å². The fraction of sp³-hybridized carbons (Fsp3) is 0.258. The minimum Gasteiger partial charge on any atom is -0.337 e. The van der Waals surface area contributed by atoms with Gasteiger partial charge < -0.3 is 15.1 Å². The van der Waals surface area contributed by atoms with Gasteiger partial charge in [-0.25, -0.2) is 4.79 Å². The standard InChI is InChI=1S/C31H30Cl2N4O3/c1-2-37-26-19-36(30(39)28(26)29(34-31(37)40)24-14-13-23(32)17-25(24)33)20-27(38)35(18-22-11-7-4-8-12-22)16-15-21-9-5-3-6-10-21/h3-14,17,29H,2,15-16,18-20H2,1H3,(H,34,40)/t29-/m1/s1. The molecule has 3 aromatic rings. The summed E-state index contributed by atoms with van der Waals surface area (Å²) in [7, 11) is 0. The summed E-state index contributed by atoms with van der Waals surface area (Å²) in [5.74, 6) is -0.447. The first kappa shape index (κ1) is 27.7. The molecule has 0 saturated heterocycles. The number of nitrogens with one attached hydrogen (secondary N) is 1. The first-order valence-corrected chi connectivity index (χ1v) is 14.0. The van der Waals surface area contributed by atoms with E-state index in [0.29, 0.717) is 52.9 Å². The molecule has 3 aromatic carbocycles. The maximum Gasteiger partial charge on any atom is 0.322 e. The molecule has 9 heteroatoms. The molecular formula is C31H30Cl2N4O3. The van der Waals surface area contributed by atoms with Crippen molar-refractivity contribution in [1.82, 2.24) is 20.0 Å². The summed E-state index contributed by atoms with van der Waals surface area (Å²) in [4.78, 5) is 45.4. The minimum absolute atomic E-state index is 0.0970. The number of halogens is 2. The molecule has 2 heterocycles. The van der Waals surface area contributed by atoms with Crippen molar-refractivity contribution in [2.75, 3.05) is 26.2 Å². The number of rotatable bonds is 9. The average Bonchev–Trinajstić information content (AvgIpc) is 3.27. The molecule has 5 rings (SSSR count). The van der Waals surface area contributed by atoms with Crippen LogP contribution in [0, 0.1) is 0 Å². The predicted molar refractivity (Wildman–Crippen MR) is 156 cm³/mol. The molecule has 0 bridgehead atoms. The zero-order chi connectivity index (χ0) is 28.2. The van der Waals surface area contributed by atoms with Gasteiger partial charge in [0, 0.05) is 29.7 Å². The van der Waals surface area contributed by atoms with Crippen LogP contribution >= 0.6 is 23.2 Å². The average molecular weight is 578 g/mol. The molecule has 0 unspecified atom stereocenters. The van der Waals surface area contributed by atoms with Gasteiger partial charge in [0.2, 0.25) is 5.91 Å². The summed E-state index contributed by atoms with van der Waals surface area (Å²) >= 11 is 12.6. The third-order valence-electron chi connectivity index (χ3n) is 7.29. The summed E-state index contributed by atoms with van der Waals surface area (Å²) < 4.78 is 0. The van der Waals surface area contributed by atoms with Crippen LogP contribution in [0.25, 0.3) is 0 Å². The van der Waals surface area contributed by atoms with Crippen LogP contribution in [0.2, 0.25) is 10.0 Å². The molecule has 0 aliphatic carbocycles. The van der Waals surface area contributed by atoms with Gasteiger partial charge in [-0.05, 0) is 42.2 Å². The Labute approximate surface area is 244 Å². The Balaban J connectivity index is 1.38. The van der Waals surface area contributed by atoms with Gasteiger partial charge in [-0.2, -0.15) is 0 Å². The summed E-state index contributed by atoms with van der Waals surface area (Å²) in [5.41, 5.74) is 3.75. The third kappa shape index (κ3) is 5.86. The normalized spacial score (nSPS) is 16.7. The third-order valence-corrected chi connectivity index (χ3v) is 7.86. The number of urea groups is 1. The van der Waals surface area contributed by atoms with Crippen molar-refractivity contribution in [1.29, 1.82) is 0 Å². The largest absolute Gasteiger partial charge is 0.337 e. The smallest absolute Gasteiger partial charge is 0.322 e. The number of amides is 4. The highest BCUT2D eigenvalue weighted by Crippen LogP contribution is 2.39. The van der Waals surface area contributed by atoms with Crippen molar-refractivity contribution < 1.29 is 14.4 Å². The Morgan fingerprint density at radius 3 is 2.30 bits per heavy atom. The number of carbonyl (C=O) groups is 3. The Morgan fingerprint density at radius 1 is 0.975 bits per heavy atom. The predicted octanol–water partition coefficient (Wildman–Crippen LogP) is 5.45. The zero-order valence-corrected chi connectivity index (χ0v) is 23.7. The maximum absolute atomic E-state index is 13.8. The van der Waals surface area contributed by atoms with Crippen molar-refractivity contribution in [3.05, 3.63) is 117 Å². The molecule has 0 spiro atoms. The Bertz CT molecular complexity index is 1450. The van der Waals surface area contributed by atoms with Crippen molar-refractivity contribution in [3.63, 3.8) is 0 Å². The summed E-state index contributed by atoms with van der Waals surface area (Å²) in [5, 5.41) is 3.73. The Hall–Kier alpha value is -3.81. The van der Waals surface area contributed by atoms with Crippen LogP contribution in [-0.4, -0.2) is 58.7 Å². The van der Waals surface area contributed by atoms with Crippen LogP contribution in [-0.2, 0) is 22.6 Å². The molecule has 206 valence electrons. The molecule has 0 aromatic heterocycles. The van der Waals surface area contributed by atoms with Crippen LogP contribution in [0.5, 0.6) is 0 Å². The Kier molecular flexibility index (Phi) is 8.43. The van der Waals surface area contributed by atoms with E-state index >= 15 is 0 Å². The number of carbonyl (C=O) groups excluding carboxylic acids is 3. The fourth-order valence-electron chi connectivity index (χ4n) is 5.25. The van der Waals surface area contributed by atoms with E-state index < -0.39 is 6.04 Å². The number of hydrogen-bond donors (Lipinski definition) is 1. The van der Waals surface area contributed by atoms with Gasteiger partial charge in [0.25, 0.3) is 5.91 Å². The number of hydrogen-bond acceptors (Lipinski definition) is 3. The van der Waals surface area contributed by atoms with Crippen LogP contribution in [0.4, 0.5) is 4.79 Å². The highest BCUT2D eigenvalue weighted by atomic mass is 35.5. The highest BCUT2D eigenvalue weighted by Gasteiger charge is 2.44. The van der Waals surface area contributed by atoms with Crippen LogP contribution in [0.15, 0.2) is 90.1 Å². The fourth-order valence-corrected chi connectivity index (χ4v) is 5.76. The van der Waals surface area contributed by atoms with E-state index in [1.807, 2.05) is 67.6 Å². The van der Waals surface area contributed by atoms with Crippen molar-refractivity contribution in [3.8, 4) is 0 Å². The molecule has 0 saturated carbocycles. The maximum atomic E-state index is 13.8. The molecule has 1 N–H and O–H groups in total. The van der Waals surface area contributed by atoms with Gasteiger partial charge in [0.15, 0.2) is 0 Å². The van der Waals surface area contributed by atoms with Crippen molar-refractivity contribution in [2.24, 2.45) is 0 Å². The Morgan fingerprint density at radius 2 is 1.65 bits per heavy atom. The number of benzene rings is 3. The molecular weight excluding hydrogens is 547 g/mol. The second-order valence-corrected chi connectivity index (χ2v) is 10.7. The highest BCUT2D eigenvalue weighted by molar-refractivity contribution is 6.35. The summed E-state index contributed by atoms with van der Waals surface area (Å²) in [6.07, 6.45) is 0.696. The molecule has 40 heavy (non-hydrogen) atoms. The van der Waals surface area contributed by atoms with Gasteiger partial charge in [0.05, 0.1) is 23.9 Å². The first-order valence-electron chi connectivity index (χ1n) is 13.3. The lowest BCUT2D eigenvalue weighted by molar-refractivity contribution is -0.138. The van der Waals surface area contributed by atoms with E-state index in [1.54, 1.807) is 28.0 Å². The van der Waals surface area contributed by atoms with Crippen LogP contribution < -0.4 is 5.32 Å². The lowest BCUT2D eigenvalue weighted by Gasteiger charge is -2.33. The zero-order valence-electron chi connectivity index (χ0n) is 22.1. The van der Waals surface area contributed by atoms with Gasteiger partial charge in [-0.3, -0.25) is 14.5 Å². The van der Waals surface area contributed by atoms with Gasteiger partial charge >= 0.3 is 6.03 Å². The molecule has 0 radical (unpaired) electrons. The molecule has 0 fully saturated rings. The van der Waals surface area contributed by atoms with E-state index in [1.165, 1.54) is 4.90 Å². The van der Waals surface area contributed by atoms with Gasteiger partial charge in [0.1, 0.15) is 6.54 Å². The SMILES string of the molecule is CCN1C(=O)N[C@H](c2ccc(Cl)cc2Cl)C2=C1CN(CC(=O)N(CCc1ccccc1)Cc1ccccc1)C2=O. The van der Waals surface area contributed by atoms with E-state index in [2.05, 4.69) is 5.32 Å². The quantitative estimate of drug-likeness (QED) is 0.368. The topological polar surface area (TPSA) is 73.0 Å². The molecule has 1 atom stereocenters. The lowest BCUT2D eigenvalue weighted by Crippen LogP contribution is -2.47. The second-order valence-electron chi connectivity index (χ2n) is 9.85. The number of nitrogens with zero attached hydrogens (tertiary/aromatic N) is 3. The van der Waals surface area contributed by atoms with Crippen LogP contribution in [0.3, 0.4) is 0 Å². The first-order chi connectivity index (χ1) is 19.4. The van der Waals surface area contributed by atoms with Crippen molar-refractivity contribution >= 4 is 41.0 Å².